The molecule has 0 N–H and O–H groups in total. The van der Waals surface area contributed by atoms with Crippen molar-refractivity contribution >= 4 is 22.4 Å². The highest BCUT2D eigenvalue weighted by Gasteiger charge is 2.34. The molecule has 2 aromatic carbocycles. The van der Waals surface area contributed by atoms with Gasteiger partial charge >= 0.3 is 0 Å². The number of rotatable bonds is 6. The molecule has 0 saturated heterocycles. The van der Waals surface area contributed by atoms with Crippen LogP contribution >= 0.6 is 0 Å². The van der Waals surface area contributed by atoms with E-state index in [-0.39, 0.29) is 23.8 Å². The van der Waals surface area contributed by atoms with Gasteiger partial charge < -0.3 is 9.47 Å². The smallest absolute Gasteiger partial charge is 0.281 e. The molecule has 0 spiro atoms. The van der Waals surface area contributed by atoms with Gasteiger partial charge in [-0.15, -0.1) is 0 Å². The van der Waals surface area contributed by atoms with Crippen LogP contribution in [0.3, 0.4) is 0 Å². The summed E-state index contributed by atoms with van der Waals surface area (Å²) in [6.07, 6.45) is 0. The molecular weight excluding hydrogens is 338 g/mol. The minimum atomic E-state index is -0.535. The maximum Gasteiger partial charge on any atom is 0.281 e. The fraction of sp³-hybridized carbons (Fsp3) is 0.222. The summed E-state index contributed by atoms with van der Waals surface area (Å²) in [6.45, 7) is 1.07. The Labute approximate surface area is 148 Å². The molecule has 8 nitrogen and oxygen atoms in total. The molecule has 0 saturated carbocycles. The van der Waals surface area contributed by atoms with Gasteiger partial charge in [-0.05, 0) is 6.07 Å². The number of ether oxygens (including phenoxy) is 2. The van der Waals surface area contributed by atoms with Crippen molar-refractivity contribution in [1.29, 1.82) is 0 Å². The van der Waals surface area contributed by atoms with Gasteiger partial charge in [-0.25, -0.2) is 4.68 Å². The summed E-state index contributed by atoms with van der Waals surface area (Å²) in [4.78, 5) is 23.8. The predicted molar refractivity (Wildman–Crippen MR) is 93.1 cm³/mol. The van der Waals surface area contributed by atoms with Gasteiger partial charge in [-0.3, -0.25) is 14.9 Å². The van der Waals surface area contributed by atoms with E-state index in [9.17, 15) is 14.9 Å². The number of aromatic nitrogens is 2. The van der Waals surface area contributed by atoms with Crippen LogP contribution < -0.4 is 0 Å². The molecule has 132 valence electrons. The van der Waals surface area contributed by atoms with Gasteiger partial charge in [0.05, 0.1) is 23.7 Å². The largest absolute Gasteiger partial charge is 0.382 e. The zero-order valence-corrected chi connectivity index (χ0v) is 14.0. The lowest BCUT2D eigenvalue weighted by Gasteiger charge is -2.14. The van der Waals surface area contributed by atoms with Crippen LogP contribution in [-0.4, -0.2) is 40.8 Å². The zero-order chi connectivity index (χ0) is 18.3. The Morgan fingerprint density at radius 3 is 2.69 bits per heavy atom. The van der Waals surface area contributed by atoms with E-state index in [0.29, 0.717) is 35.4 Å². The SMILES string of the molecule is COCCOCn1nc2c3c(cccc31)C(=O)c1c-2cccc1[N+](=O)[O-]. The molecule has 1 aromatic heterocycles. The van der Waals surface area contributed by atoms with Crippen molar-refractivity contribution < 1.29 is 19.2 Å². The molecule has 3 aromatic rings. The van der Waals surface area contributed by atoms with E-state index in [4.69, 9.17) is 9.47 Å². The second kappa shape index (κ2) is 6.32. The lowest BCUT2D eigenvalue weighted by Crippen LogP contribution is -2.11. The van der Waals surface area contributed by atoms with Crippen molar-refractivity contribution in [2.24, 2.45) is 0 Å². The second-order valence-electron chi connectivity index (χ2n) is 5.86. The summed E-state index contributed by atoms with van der Waals surface area (Å²) >= 11 is 0. The maximum absolute atomic E-state index is 12.9. The van der Waals surface area contributed by atoms with Gasteiger partial charge in [-0.1, -0.05) is 24.3 Å². The van der Waals surface area contributed by atoms with Gasteiger partial charge in [0.15, 0.2) is 0 Å². The summed E-state index contributed by atoms with van der Waals surface area (Å²) in [5.41, 5.74) is 2.08. The minimum Gasteiger partial charge on any atom is -0.382 e. The van der Waals surface area contributed by atoms with Crippen molar-refractivity contribution in [3.63, 3.8) is 0 Å². The van der Waals surface area contributed by atoms with Crippen LogP contribution in [-0.2, 0) is 16.2 Å². The lowest BCUT2D eigenvalue weighted by molar-refractivity contribution is -0.385. The number of hydrogen-bond acceptors (Lipinski definition) is 6. The second-order valence-corrected chi connectivity index (χ2v) is 5.86. The van der Waals surface area contributed by atoms with Gasteiger partial charge in [-0.2, -0.15) is 5.10 Å². The first kappa shape index (κ1) is 16.4. The van der Waals surface area contributed by atoms with E-state index in [2.05, 4.69) is 5.10 Å². The van der Waals surface area contributed by atoms with E-state index < -0.39 is 4.92 Å². The highest BCUT2D eigenvalue weighted by atomic mass is 16.6. The van der Waals surface area contributed by atoms with Crippen molar-refractivity contribution in [2.75, 3.05) is 20.3 Å². The Morgan fingerprint density at radius 1 is 1.15 bits per heavy atom. The number of hydrogen-bond donors (Lipinski definition) is 0. The van der Waals surface area contributed by atoms with Crippen LogP contribution in [0.5, 0.6) is 0 Å². The van der Waals surface area contributed by atoms with Crippen molar-refractivity contribution in [3.05, 3.63) is 57.6 Å². The Morgan fingerprint density at radius 2 is 1.92 bits per heavy atom. The number of fused-ring (bicyclic) bond motifs is 2. The average molecular weight is 353 g/mol. The van der Waals surface area contributed by atoms with Crippen molar-refractivity contribution in [1.82, 2.24) is 9.78 Å². The van der Waals surface area contributed by atoms with E-state index in [1.165, 1.54) is 6.07 Å². The van der Waals surface area contributed by atoms with E-state index >= 15 is 0 Å². The summed E-state index contributed by atoms with van der Waals surface area (Å²) in [7, 11) is 1.59. The van der Waals surface area contributed by atoms with Crippen molar-refractivity contribution in [3.8, 4) is 11.3 Å². The van der Waals surface area contributed by atoms with Crippen LogP contribution in [0.25, 0.3) is 22.2 Å². The molecule has 1 aliphatic rings. The fourth-order valence-electron chi connectivity index (χ4n) is 3.26. The van der Waals surface area contributed by atoms with Crippen LogP contribution in [0, 0.1) is 10.1 Å². The molecule has 0 fully saturated rings. The van der Waals surface area contributed by atoms with E-state index in [1.807, 2.05) is 6.07 Å². The monoisotopic (exact) mass is 353 g/mol. The molecule has 8 heteroatoms. The zero-order valence-electron chi connectivity index (χ0n) is 14.0. The highest BCUT2D eigenvalue weighted by Crippen LogP contribution is 2.41. The third kappa shape index (κ3) is 2.39. The average Bonchev–Trinajstić information content (AvgIpc) is 3.02. The van der Waals surface area contributed by atoms with Crippen LogP contribution in [0.1, 0.15) is 15.9 Å². The topological polar surface area (TPSA) is 96.5 Å². The van der Waals surface area contributed by atoms with Crippen LogP contribution in [0.4, 0.5) is 5.69 Å². The number of benzene rings is 2. The summed E-state index contributed by atoms with van der Waals surface area (Å²) in [6, 6.07) is 9.86. The number of carbonyl (C=O) groups is 1. The van der Waals surface area contributed by atoms with E-state index in [1.54, 1.807) is 36.1 Å². The van der Waals surface area contributed by atoms with E-state index in [0.717, 1.165) is 5.52 Å². The minimum absolute atomic E-state index is 0.0862. The molecule has 26 heavy (non-hydrogen) atoms. The Bertz CT molecular complexity index is 1040. The third-order valence-corrected chi connectivity index (χ3v) is 4.39. The van der Waals surface area contributed by atoms with Crippen LogP contribution in [0.2, 0.25) is 0 Å². The Hall–Kier alpha value is -3.10. The summed E-state index contributed by atoms with van der Waals surface area (Å²) < 4.78 is 12.2. The number of nitrogens with zero attached hydrogens (tertiary/aromatic N) is 3. The molecule has 0 bridgehead atoms. The van der Waals surface area contributed by atoms with Gasteiger partial charge in [0.2, 0.25) is 5.78 Å². The molecule has 0 unspecified atom stereocenters. The first-order valence-corrected chi connectivity index (χ1v) is 8.02. The normalized spacial score (nSPS) is 12.4. The predicted octanol–water partition coefficient (Wildman–Crippen LogP) is 2.78. The number of ketones is 1. The number of carbonyl (C=O) groups excluding carboxylic acids is 1. The molecule has 1 heterocycles. The standard InChI is InChI=1S/C18H15N3O5/c1-25-8-9-26-10-20-13-6-3-5-12-15(13)17(19-20)11-4-2-7-14(21(23)24)16(11)18(12)22/h2-7H,8-10H2,1H3. The molecule has 0 amide bonds. The molecule has 4 rings (SSSR count). The number of nitro groups is 1. The van der Waals surface area contributed by atoms with Gasteiger partial charge in [0, 0.05) is 29.7 Å². The lowest BCUT2D eigenvalue weighted by atomic mass is 9.86. The quantitative estimate of drug-likeness (QED) is 0.300. The first-order chi connectivity index (χ1) is 12.6. The van der Waals surface area contributed by atoms with Crippen molar-refractivity contribution in [2.45, 2.75) is 6.73 Å². The molecule has 0 aliphatic heterocycles. The first-order valence-electron chi connectivity index (χ1n) is 8.02. The van der Waals surface area contributed by atoms with Crippen LogP contribution in [0.15, 0.2) is 36.4 Å². The molecule has 1 aliphatic carbocycles. The summed E-state index contributed by atoms with van der Waals surface area (Å²) in [5, 5.41) is 16.6. The molecular formula is C18H15N3O5. The molecule has 0 radical (unpaired) electrons. The third-order valence-electron chi connectivity index (χ3n) is 4.39. The van der Waals surface area contributed by atoms with Gasteiger partial charge in [0.1, 0.15) is 18.0 Å². The number of nitro benzene ring substituents is 1. The number of methoxy groups -OCH3 is 1. The maximum atomic E-state index is 12.9. The molecule has 0 atom stereocenters. The summed E-state index contributed by atoms with van der Waals surface area (Å²) in [5.74, 6) is -0.356. The fourth-order valence-corrected chi connectivity index (χ4v) is 3.26. The highest BCUT2D eigenvalue weighted by molar-refractivity contribution is 6.26. The Balaban J connectivity index is 1.90. The van der Waals surface area contributed by atoms with Gasteiger partial charge in [0.25, 0.3) is 5.69 Å². The Kier molecular flexibility index (Phi) is 3.98.